The molecule has 2 bridgehead atoms. The average molecular weight is 599 g/mol. The maximum atomic E-state index is 16.9. The van der Waals surface area contributed by atoms with E-state index < -0.39 is 23.3 Å². The second-order valence-electron chi connectivity index (χ2n) is 12.6. The number of piperazine rings is 1. The molecule has 7 nitrogen and oxygen atoms in total. The smallest absolute Gasteiger partial charge is 0.319 e. The van der Waals surface area contributed by atoms with E-state index in [9.17, 15) is 4.39 Å². The van der Waals surface area contributed by atoms with Crippen LogP contribution in [0.25, 0.3) is 32.9 Å². The van der Waals surface area contributed by atoms with Crippen LogP contribution in [0.5, 0.6) is 6.01 Å². The van der Waals surface area contributed by atoms with Crippen LogP contribution in [0.15, 0.2) is 36.4 Å². The number of benzene rings is 2. The first-order valence-electron chi connectivity index (χ1n) is 15.5. The van der Waals surface area contributed by atoms with Crippen molar-refractivity contribution in [1.82, 2.24) is 25.2 Å². The predicted octanol–water partition coefficient (Wildman–Crippen LogP) is 5.39. The molecule has 2 aromatic carbocycles. The minimum Gasteiger partial charge on any atom is -0.461 e. The van der Waals surface area contributed by atoms with Gasteiger partial charge in [-0.3, -0.25) is 4.90 Å². The first-order chi connectivity index (χ1) is 21.4. The van der Waals surface area contributed by atoms with Gasteiger partial charge in [-0.1, -0.05) is 36.3 Å². The zero-order valence-electron chi connectivity index (χ0n) is 24.5. The number of alkyl halides is 1. The molecule has 1 N–H and O–H groups in total. The summed E-state index contributed by atoms with van der Waals surface area (Å²) >= 11 is 0. The number of hydrogen-bond donors (Lipinski definition) is 1. The number of fused-ring (bicyclic) bond motifs is 5. The molecule has 4 atom stereocenters. The SMILES string of the molecule is CC#Cc1nc(-c2cccc3cccc(F)c23)c(F)c2nc(OC[C@@]34CCCN3C[C@H](F)C4)nc(N3C[C@H]4CC[C@@H](C3)N4)c12. The van der Waals surface area contributed by atoms with Crippen LogP contribution in [0.4, 0.5) is 19.0 Å². The third kappa shape index (κ3) is 4.48. The first kappa shape index (κ1) is 27.6. The number of ether oxygens (including phenoxy) is 1. The maximum Gasteiger partial charge on any atom is 0.319 e. The topological polar surface area (TPSA) is 66.4 Å². The largest absolute Gasteiger partial charge is 0.461 e. The Bertz CT molecular complexity index is 1840. The number of aromatic nitrogens is 3. The van der Waals surface area contributed by atoms with Crippen molar-refractivity contribution in [3.8, 4) is 29.1 Å². The fraction of sp³-hybridized carbons (Fsp3) is 0.441. The normalized spacial score (nSPS) is 26.3. The third-order valence-electron chi connectivity index (χ3n) is 9.84. The van der Waals surface area contributed by atoms with Crippen LogP contribution < -0.4 is 15.0 Å². The zero-order valence-corrected chi connectivity index (χ0v) is 24.5. The van der Waals surface area contributed by atoms with Gasteiger partial charge in [0.2, 0.25) is 0 Å². The van der Waals surface area contributed by atoms with E-state index in [0.29, 0.717) is 66.0 Å². The Morgan fingerprint density at radius 1 is 1.02 bits per heavy atom. The Hall–Kier alpha value is -3.94. The van der Waals surface area contributed by atoms with Gasteiger partial charge in [0.25, 0.3) is 0 Å². The molecule has 0 saturated carbocycles. The quantitative estimate of drug-likeness (QED) is 0.309. The molecular weight excluding hydrogens is 565 g/mol. The van der Waals surface area contributed by atoms with E-state index in [4.69, 9.17) is 14.7 Å². The van der Waals surface area contributed by atoms with Crippen LogP contribution in [0.3, 0.4) is 0 Å². The van der Waals surface area contributed by atoms with E-state index >= 15 is 8.78 Å². The number of anilines is 1. The molecule has 4 saturated heterocycles. The van der Waals surface area contributed by atoms with Crippen molar-refractivity contribution in [2.75, 3.05) is 37.7 Å². The highest BCUT2D eigenvalue weighted by Crippen LogP contribution is 2.42. The van der Waals surface area contributed by atoms with E-state index in [1.165, 1.54) is 6.07 Å². The van der Waals surface area contributed by atoms with Crippen LogP contribution in [0.2, 0.25) is 0 Å². The van der Waals surface area contributed by atoms with Gasteiger partial charge < -0.3 is 15.0 Å². The van der Waals surface area contributed by atoms with Crippen molar-refractivity contribution >= 4 is 27.5 Å². The van der Waals surface area contributed by atoms with Gasteiger partial charge in [-0.25, -0.2) is 18.2 Å². The molecule has 4 aliphatic rings. The Morgan fingerprint density at radius 2 is 1.82 bits per heavy atom. The molecule has 4 aliphatic heterocycles. The number of hydrogen-bond acceptors (Lipinski definition) is 7. The van der Waals surface area contributed by atoms with Crippen LogP contribution in [-0.4, -0.2) is 76.4 Å². The van der Waals surface area contributed by atoms with Gasteiger partial charge in [-0.05, 0) is 56.5 Å². The molecule has 2 aromatic heterocycles. The van der Waals surface area contributed by atoms with E-state index in [0.717, 1.165) is 32.2 Å². The van der Waals surface area contributed by atoms with Gasteiger partial charge in [0.1, 0.15) is 41.3 Å². The molecule has 0 aliphatic carbocycles. The predicted molar refractivity (Wildman–Crippen MR) is 163 cm³/mol. The minimum atomic E-state index is -0.898. The lowest BCUT2D eigenvalue weighted by molar-refractivity contribution is 0.107. The van der Waals surface area contributed by atoms with Crippen molar-refractivity contribution in [3.05, 3.63) is 53.7 Å². The van der Waals surface area contributed by atoms with Crippen molar-refractivity contribution in [2.24, 2.45) is 0 Å². The number of pyridine rings is 1. The summed E-state index contributed by atoms with van der Waals surface area (Å²) in [6.07, 6.45) is 3.43. The highest BCUT2D eigenvalue weighted by Gasteiger charge is 2.49. The fourth-order valence-corrected chi connectivity index (χ4v) is 7.93. The monoisotopic (exact) mass is 598 g/mol. The van der Waals surface area contributed by atoms with Crippen molar-refractivity contribution in [1.29, 1.82) is 0 Å². The Balaban J connectivity index is 1.31. The highest BCUT2D eigenvalue weighted by atomic mass is 19.1. The summed E-state index contributed by atoms with van der Waals surface area (Å²) in [6, 6.07) is 10.6. The highest BCUT2D eigenvalue weighted by molar-refractivity contribution is 6.01. The molecule has 44 heavy (non-hydrogen) atoms. The number of halogens is 3. The summed E-state index contributed by atoms with van der Waals surface area (Å²) in [7, 11) is 0. The molecule has 4 aromatic rings. The summed E-state index contributed by atoms with van der Waals surface area (Å²) in [4.78, 5) is 18.6. The molecule has 0 unspecified atom stereocenters. The van der Waals surface area contributed by atoms with Crippen LogP contribution >= 0.6 is 0 Å². The number of rotatable bonds is 5. The Labute approximate surface area is 253 Å². The lowest BCUT2D eigenvalue weighted by atomic mass is 9.95. The van der Waals surface area contributed by atoms with Crippen LogP contribution in [0.1, 0.15) is 44.7 Å². The summed E-state index contributed by atoms with van der Waals surface area (Å²) in [5, 5.41) is 4.97. The van der Waals surface area contributed by atoms with Crippen LogP contribution in [-0.2, 0) is 0 Å². The Kier molecular flexibility index (Phi) is 6.65. The summed E-state index contributed by atoms with van der Waals surface area (Å²) in [6.45, 7) is 4.55. The minimum absolute atomic E-state index is 0.0291. The maximum absolute atomic E-state index is 16.9. The van der Waals surface area contributed by atoms with Gasteiger partial charge in [-0.15, -0.1) is 0 Å². The second-order valence-corrected chi connectivity index (χ2v) is 12.6. The lowest BCUT2D eigenvalue weighted by Crippen LogP contribution is -2.51. The molecule has 10 heteroatoms. The summed E-state index contributed by atoms with van der Waals surface area (Å²) in [5.74, 6) is 5.36. The van der Waals surface area contributed by atoms with Crippen molar-refractivity contribution < 1.29 is 17.9 Å². The van der Waals surface area contributed by atoms with Gasteiger partial charge in [0.05, 0.1) is 10.9 Å². The van der Waals surface area contributed by atoms with E-state index in [2.05, 4.69) is 31.9 Å². The zero-order chi connectivity index (χ0) is 30.0. The number of nitrogens with one attached hydrogen (secondary N) is 1. The lowest BCUT2D eigenvalue weighted by Gasteiger charge is -2.35. The fourth-order valence-electron chi connectivity index (χ4n) is 7.93. The second kappa shape index (κ2) is 10.6. The van der Waals surface area contributed by atoms with Gasteiger partial charge >= 0.3 is 6.01 Å². The van der Waals surface area contributed by atoms with Gasteiger partial charge in [0.15, 0.2) is 5.82 Å². The summed E-state index contributed by atoms with van der Waals surface area (Å²) in [5.41, 5.74) is 0.243. The Morgan fingerprint density at radius 3 is 2.61 bits per heavy atom. The van der Waals surface area contributed by atoms with Crippen molar-refractivity contribution in [2.45, 2.75) is 62.8 Å². The molecule has 0 radical (unpaired) electrons. The number of nitrogens with zero attached hydrogens (tertiary/aromatic N) is 5. The molecule has 0 amide bonds. The van der Waals surface area contributed by atoms with Gasteiger partial charge in [-0.2, -0.15) is 9.97 Å². The van der Waals surface area contributed by atoms with E-state index in [1.54, 1.807) is 37.3 Å². The van der Waals surface area contributed by atoms with Crippen molar-refractivity contribution in [3.63, 3.8) is 0 Å². The third-order valence-corrected chi connectivity index (χ3v) is 9.84. The molecule has 0 spiro atoms. The molecular formula is C34H33F3N6O. The molecule has 4 fully saturated rings. The van der Waals surface area contributed by atoms with E-state index in [1.807, 2.05) is 0 Å². The first-order valence-corrected chi connectivity index (χ1v) is 15.5. The average Bonchev–Trinajstić information content (AvgIpc) is 3.67. The summed E-state index contributed by atoms with van der Waals surface area (Å²) < 4.78 is 52.8. The molecule has 226 valence electrons. The van der Waals surface area contributed by atoms with Gasteiger partial charge in [0, 0.05) is 49.1 Å². The van der Waals surface area contributed by atoms with Crippen LogP contribution in [0, 0.1) is 23.5 Å². The standard InChI is InChI=1S/C34H33F3N6O/c1-2-6-26-28-31(29(37)30(39-26)24-9-3-7-20-8-4-10-25(36)27(20)24)40-33(41-32(28)42-17-22-11-12-23(18-42)38-22)44-19-34-13-5-14-43(34)16-21(35)15-34/h3-4,7-10,21-23,38H,5,11-19H2,1H3/t21-,22-,23+,34+/m1/s1. The van der Waals surface area contributed by atoms with E-state index in [-0.39, 0.29) is 29.2 Å². The molecule has 8 rings (SSSR count). The molecule has 6 heterocycles.